The van der Waals surface area contributed by atoms with Gasteiger partial charge in [-0.15, -0.1) is 17.9 Å². The summed E-state index contributed by atoms with van der Waals surface area (Å²) in [4.78, 5) is 33.3. The number of nitrogens with one attached hydrogen (secondary N) is 2. The third kappa shape index (κ3) is 7.14. The summed E-state index contributed by atoms with van der Waals surface area (Å²) in [6.07, 6.45) is 1.70. The van der Waals surface area contributed by atoms with Crippen molar-refractivity contribution < 1.29 is 14.3 Å². The average molecular weight is 492 g/mol. The summed E-state index contributed by atoms with van der Waals surface area (Å²) >= 11 is 1.29. The number of rotatable bonds is 10. The van der Waals surface area contributed by atoms with E-state index in [9.17, 15) is 9.59 Å². The highest BCUT2D eigenvalue weighted by molar-refractivity contribution is 7.13. The second kappa shape index (κ2) is 12.1. The number of nitrogens with zero attached hydrogens (tertiary/aromatic N) is 3. The van der Waals surface area contributed by atoms with Gasteiger partial charge < -0.3 is 20.3 Å². The van der Waals surface area contributed by atoms with Gasteiger partial charge in [0.25, 0.3) is 5.91 Å². The van der Waals surface area contributed by atoms with Crippen molar-refractivity contribution in [2.75, 3.05) is 54.9 Å². The van der Waals surface area contributed by atoms with Crippen LogP contribution in [-0.2, 0) is 16.1 Å². The average Bonchev–Trinajstić information content (AvgIpc) is 3.37. The van der Waals surface area contributed by atoms with Crippen LogP contribution in [0.25, 0.3) is 0 Å². The lowest BCUT2D eigenvalue weighted by atomic mass is 10.2. The molecule has 2 aromatic carbocycles. The molecule has 35 heavy (non-hydrogen) atoms. The number of hydrogen-bond acceptors (Lipinski definition) is 8. The second-order valence-electron chi connectivity index (χ2n) is 8.13. The smallest absolute Gasteiger partial charge is 0.358 e. The van der Waals surface area contributed by atoms with E-state index in [1.54, 1.807) is 11.5 Å². The zero-order valence-electron chi connectivity index (χ0n) is 19.5. The topological polar surface area (TPSA) is 86.8 Å². The number of anilines is 3. The summed E-state index contributed by atoms with van der Waals surface area (Å²) < 4.78 is 5.08. The van der Waals surface area contributed by atoms with E-state index in [1.165, 1.54) is 16.9 Å². The first-order valence-electron chi connectivity index (χ1n) is 11.5. The number of carbonyl (C=O) groups is 2. The van der Waals surface area contributed by atoms with Crippen molar-refractivity contribution in [2.45, 2.75) is 6.54 Å². The summed E-state index contributed by atoms with van der Waals surface area (Å²) in [7, 11) is 0. The Kier molecular flexibility index (Phi) is 8.48. The molecule has 0 saturated carbocycles. The fraction of sp³-hybridized carbons (Fsp3) is 0.269. The maximum Gasteiger partial charge on any atom is 0.358 e. The van der Waals surface area contributed by atoms with Gasteiger partial charge >= 0.3 is 5.97 Å². The molecule has 1 amide bonds. The van der Waals surface area contributed by atoms with Gasteiger partial charge in [-0.1, -0.05) is 36.4 Å². The molecule has 1 saturated heterocycles. The van der Waals surface area contributed by atoms with E-state index >= 15 is 0 Å². The van der Waals surface area contributed by atoms with Crippen LogP contribution in [0.5, 0.6) is 0 Å². The Balaban J connectivity index is 1.20. The number of esters is 1. The number of amides is 1. The number of carbonyl (C=O) groups excluding carboxylic acids is 2. The summed E-state index contributed by atoms with van der Waals surface area (Å²) in [5, 5.41) is 7.95. The van der Waals surface area contributed by atoms with E-state index < -0.39 is 11.9 Å². The normalized spacial score (nSPS) is 13.8. The lowest BCUT2D eigenvalue weighted by molar-refractivity contribution is -0.119. The summed E-state index contributed by atoms with van der Waals surface area (Å²) in [6.45, 7) is 8.68. The first-order valence-corrected chi connectivity index (χ1v) is 12.4. The number of piperazine rings is 1. The Hall–Kier alpha value is -3.69. The van der Waals surface area contributed by atoms with Gasteiger partial charge in [-0.25, -0.2) is 9.78 Å². The zero-order chi connectivity index (χ0) is 24.5. The highest BCUT2D eigenvalue weighted by Crippen LogP contribution is 2.20. The molecular weight excluding hydrogens is 462 g/mol. The van der Waals surface area contributed by atoms with E-state index in [1.807, 2.05) is 30.3 Å². The minimum atomic E-state index is -0.634. The maximum absolute atomic E-state index is 12.2. The third-order valence-electron chi connectivity index (χ3n) is 5.58. The van der Waals surface area contributed by atoms with Gasteiger partial charge in [0.15, 0.2) is 17.4 Å². The van der Waals surface area contributed by atoms with Crippen molar-refractivity contribution in [1.82, 2.24) is 9.88 Å². The Labute approximate surface area is 209 Å². The standard InChI is InChI=1S/C26H29N5O3S/c1-2-12-27-26-29-23(19-35-26)25(33)34-18-24(32)28-21-8-10-22(11-9-21)31-15-13-30(14-16-31)17-20-6-4-3-5-7-20/h2-11,19H,1,12-18H2,(H,27,29)(H,28,32). The number of benzene rings is 2. The molecule has 2 N–H and O–H groups in total. The monoisotopic (exact) mass is 491 g/mol. The molecule has 1 aliphatic heterocycles. The van der Waals surface area contributed by atoms with Crippen molar-refractivity contribution in [2.24, 2.45) is 0 Å². The largest absolute Gasteiger partial charge is 0.451 e. The molecule has 182 valence electrons. The molecule has 9 heteroatoms. The molecule has 0 atom stereocenters. The zero-order valence-corrected chi connectivity index (χ0v) is 20.3. The number of aromatic nitrogens is 1. The lowest BCUT2D eigenvalue weighted by Crippen LogP contribution is -2.45. The van der Waals surface area contributed by atoms with Gasteiger partial charge in [0.2, 0.25) is 0 Å². The third-order valence-corrected chi connectivity index (χ3v) is 6.38. The molecule has 0 unspecified atom stereocenters. The van der Waals surface area contributed by atoms with Crippen LogP contribution < -0.4 is 15.5 Å². The maximum atomic E-state index is 12.2. The van der Waals surface area contributed by atoms with E-state index in [0.717, 1.165) is 38.4 Å². The Bertz CT molecular complexity index is 1130. The molecule has 0 radical (unpaired) electrons. The molecule has 4 rings (SSSR count). The fourth-order valence-electron chi connectivity index (χ4n) is 3.77. The lowest BCUT2D eigenvalue weighted by Gasteiger charge is -2.36. The molecule has 1 aliphatic rings. The van der Waals surface area contributed by atoms with Gasteiger partial charge in [0, 0.05) is 56.0 Å². The molecule has 0 spiro atoms. The minimum absolute atomic E-state index is 0.169. The van der Waals surface area contributed by atoms with Gasteiger partial charge in [-0.3, -0.25) is 9.69 Å². The van der Waals surface area contributed by atoms with E-state index in [-0.39, 0.29) is 12.3 Å². The van der Waals surface area contributed by atoms with Crippen molar-refractivity contribution in [3.8, 4) is 0 Å². The first-order chi connectivity index (χ1) is 17.1. The van der Waals surface area contributed by atoms with Crippen LogP contribution >= 0.6 is 11.3 Å². The Morgan fingerprint density at radius 1 is 1.06 bits per heavy atom. The number of thiazole rings is 1. The van der Waals surface area contributed by atoms with Crippen LogP contribution in [-0.4, -0.2) is 61.1 Å². The summed E-state index contributed by atoms with van der Waals surface area (Å²) in [6, 6.07) is 18.3. The highest BCUT2D eigenvalue weighted by Gasteiger charge is 2.18. The van der Waals surface area contributed by atoms with Crippen molar-refractivity contribution in [1.29, 1.82) is 0 Å². The molecule has 0 bridgehead atoms. The van der Waals surface area contributed by atoms with Crippen molar-refractivity contribution in [3.63, 3.8) is 0 Å². The van der Waals surface area contributed by atoms with E-state index in [4.69, 9.17) is 4.74 Å². The fourth-order valence-corrected chi connectivity index (χ4v) is 4.46. The van der Waals surface area contributed by atoms with Crippen LogP contribution in [0.3, 0.4) is 0 Å². The minimum Gasteiger partial charge on any atom is -0.451 e. The SMILES string of the molecule is C=CCNc1nc(C(=O)OCC(=O)Nc2ccc(N3CCN(Cc4ccccc4)CC3)cc2)cs1. The Morgan fingerprint density at radius 3 is 2.51 bits per heavy atom. The van der Waals surface area contributed by atoms with Gasteiger partial charge in [0.1, 0.15) is 0 Å². The molecule has 2 heterocycles. The number of ether oxygens (including phenoxy) is 1. The number of hydrogen-bond donors (Lipinski definition) is 2. The van der Waals surface area contributed by atoms with E-state index in [0.29, 0.717) is 17.4 Å². The molecule has 8 nitrogen and oxygen atoms in total. The van der Waals surface area contributed by atoms with Crippen LogP contribution in [0.2, 0.25) is 0 Å². The van der Waals surface area contributed by atoms with Crippen LogP contribution in [0, 0.1) is 0 Å². The Morgan fingerprint density at radius 2 is 1.80 bits per heavy atom. The quantitative estimate of drug-likeness (QED) is 0.329. The molecule has 1 aromatic heterocycles. The highest BCUT2D eigenvalue weighted by atomic mass is 32.1. The van der Waals surface area contributed by atoms with Gasteiger partial charge in [-0.2, -0.15) is 0 Å². The first kappa shape index (κ1) is 24.4. The predicted octanol–water partition coefficient (Wildman–Crippen LogP) is 3.86. The van der Waals surface area contributed by atoms with Gasteiger partial charge in [0.05, 0.1) is 0 Å². The second-order valence-corrected chi connectivity index (χ2v) is 8.99. The molecular formula is C26H29N5O3S. The van der Waals surface area contributed by atoms with Crippen molar-refractivity contribution in [3.05, 3.63) is 83.9 Å². The predicted molar refractivity (Wildman–Crippen MR) is 140 cm³/mol. The summed E-state index contributed by atoms with van der Waals surface area (Å²) in [5.41, 5.74) is 3.28. The van der Waals surface area contributed by atoms with E-state index in [2.05, 4.69) is 56.3 Å². The van der Waals surface area contributed by atoms with Gasteiger partial charge in [-0.05, 0) is 29.8 Å². The molecule has 3 aromatic rings. The molecule has 1 fully saturated rings. The molecule has 0 aliphatic carbocycles. The van der Waals surface area contributed by atoms with Crippen molar-refractivity contribution >= 4 is 39.7 Å². The van der Waals surface area contributed by atoms with Crippen LogP contribution in [0.1, 0.15) is 16.1 Å². The summed E-state index contributed by atoms with van der Waals surface area (Å²) in [5.74, 6) is -1.04. The van der Waals surface area contributed by atoms with Crippen LogP contribution in [0.4, 0.5) is 16.5 Å². The van der Waals surface area contributed by atoms with Crippen LogP contribution in [0.15, 0.2) is 72.6 Å².